The van der Waals surface area contributed by atoms with Gasteiger partial charge in [-0.1, -0.05) is 57.9 Å². The van der Waals surface area contributed by atoms with Crippen LogP contribution in [0.1, 0.15) is 11.3 Å². The average Bonchev–Trinajstić information content (AvgIpc) is 2.96. The summed E-state index contributed by atoms with van der Waals surface area (Å²) in [7, 11) is 0. The van der Waals surface area contributed by atoms with Crippen LogP contribution in [0, 0.1) is 6.92 Å². The molecule has 7 heteroatoms. The number of ether oxygens (including phenoxy) is 1. The minimum atomic E-state index is -0.540. The Bertz CT molecular complexity index is 896. The second-order valence-corrected chi connectivity index (χ2v) is 7.37. The number of halogens is 2. The normalized spacial score (nSPS) is 10.5. The molecule has 1 heterocycles. The third-order valence-electron chi connectivity index (χ3n) is 3.51. The summed E-state index contributed by atoms with van der Waals surface area (Å²) in [4.78, 5) is 13.1. The molecule has 0 unspecified atom stereocenters. The first-order valence-electron chi connectivity index (χ1n) is 7.44. The maximum atomic E-state index is 12.2. The average molecular weight is 438 g/mol. The summed E-state index contributed by atoms with van der Waals surface area (Å²) in [6, 6.07) is 15.1. The molecule has 1 N–H and O–H groups in total. The highest BCUT2D eigenvalue weighted by Gasteiger charge is 2.16. The van der Waals surface area contributed by atoms with E-state index in [1.807, 2.05) is 49.4 Å². The molecule has 4 nitrogen and oxygen atoms in total. The van der Waals surface area contributed by atoms with Gasteiger partial charge in [0, 0.05) is 15.1 Å². The summed E-state index contributed by atoms with van der Waals surface area (Å²) in [5.41, 5.74) is 3.15. The van der Waals surface area contributed by atoms with Gasteiger partial charge in [-0.15, -0.1) is 0 Å². The van der Waals surface area contributed by atoms with Crippen LogP contribution < -0.4 is 5.32 Å². The van der Waals surface area contributed by atoms with Crippen LogP contribution in [0.15, 0.2) is 53.0 Å². The highest BCUT2D eigenvalue weighted by molar-refractivity contribution is 9.10. The van der Waals surface area contributed by atoms with E-state index in [1.165, 1.54) is 11.5 Å². The van der Waals surface area contributed by atoms with Crippen molar-refractivity contribution in [2.75, 3.05) is 5.32 Å². The van der Waals surface area contributed by atoms with Crippen molar-refractivity contribution in [3.63, 3.8) is 0 Å². The van der Waals surface area contributed by atoms with Crippen molar-refractivity contribution in [2.24, 2.45) is 0 Å². The number of hydrogen-bond donors (Lipinski definition) is 1. The van der Waals surface area contributed by atoms with E-state index in [0.29, 0.717) is 10.7 Å². The van der Waals surface area contributed by atoms with Crippen molar-refractivity contribution < 1.29 is 9.53 Å². The van der Waals surface area contributed by atoms with Crippen molar-refractivity contribution in [2.45, 2.75) is 13.5 Å². The lowest BCUT2D eigenvalue weighted by Crippen LogP contribution is -2.14. The van der Waals surface area contributed by atoms with Crippen molar-refractivity contribution in [3.8, 4) is 10.4 Å². The molecule has 0 atom stereocenters. The smallest absolute Gasteiger partial charge is 0.412 e. The lowest BCUT2D eigenvalue weighted by molar-refractivity contribution is 0.155. The SMILES string of the molecule is Cc1nsc(-c2ccc(Br)cc2)c1NC(=O)OCc1ccccc1Cl. The fourth-order valence-corrected chi connectivity index (χ4v) is 3.52. The zero-order valence-corrected chi connectivity index (χ0v) is 16.4. The second kappa shape index (κ2) is 7.99. The summed E-state index contributed by atoms with van der Waals surface area (Å²) in [5.74, 6) is 0. The van der Waals surface area contributed by atoms with E-state index in [9.17, 15) is 4.79 Å². The molecule has 3 aromatic rings. The molecule has 25 heavy (non-hydrogen) atoms. The first kappa shape index (κ1) is 17.9. The van der Waals surface area contributed by atoms with Gasteiger partial charge in [0.2, 0.25) is 0 Å². The predicted molar refractivity (Wildman–Crippen MR) is 105 cm³/mol. The summed E-state index contributed by atoms with van der Waals surface area (Å²) in [6.45, 7) is 1.96. The van der Waals surface area contributed by atoms with Gasteiger partial charge in [0.15, 0.2) is 0 Å². The van der Waals surface area contributed by atoms with E-state index < -0.39 is 6.09 Å². The number of aromatic nitrogens is 1. The molecule has 0 aliphatic rings. The third kappa shape index (κ3) is 4.39. The van der Waals surface area contributed by atoms with Crippen LogP contribution in [0.3, 0.4) is 0 Å². The van der Waals surface area contributed by atoms with Crippen LogP contribution in [0.25, 0.3) is 10.4 Å². The van der Waals surface area contributed by atoms with Gasteiger partial charge in [0.1, 0.15) is 6.61 Å². The quantitative estimate of drug-likeness (QED) is 0.522. The standard InChI is InChI=1S/C18H14BrClN2O2S/c1-11-16(17(25-22-11)12-6-8-14(19)9-7-12)21-18(23)24-10-13-4-2-3-5-15(13)20/h2-9H,10H2,1H3,(H,21,23). The first-order valence-corrected chi connectivity index (χ1v) is 9.38. The highest BCUT2D eigenvalue weighted by Crippen LogP contribution is 2.35. The Morgan fingerprint density at radius 2 is 1.96 bits per heavy atom. The maximum Gasteiger partial charge on any atom is 0.412 e. The number of carbonyl (C=O) groups excluding carboxylic acids is 1. The Balaban J connectivity index is 1.72. The summed E-state index contributed by atoms with van der Waals surface area (Å²) in [6.07, 6.45) is -0.540. The molecular formula is C18H14BrClN2O2S. The van der Waals surface area contributed by atoms with Crippen molar-refractivity contribution in [1.29, 1.82) is 0 Å². The number of aryl methyl sites for hydroxylation is 1. The predicted octanol–water partition coefficient (Wildman–Crippen LogP) is 6.28. The number of benzene rings is 2. The maximum absolute atomic E-state index is 12.2. The Morgan fingerprint density at radius 1 is 1.24 bits per heavy atom. The number of anilines is 1. The van der Waals surface area contributed by atoms with Gasteiger partial charge in [0.05, 0.1) is 16.3 Å². The largest absolute Gasteiger partial charge is 0.444 e. The Morgan fingerprint density at radius 3 is 2.68 bits per heavy atom. The molecule has 0 spiro atoms. The molecule has 2 aromatic carbocycles. The molecular weight excluding hydrogens is 424 g/mol. The topological polar surface area (TPSA) is 51.2 Å². The fraction of sp³-hybridized carbons (Fsp3) is 0.111. The summed E-state index contributed by atoms with van der Waals surface area (Å²) in [5, 5.41) is 3.36. The van der Waals surface area contributed by atoms with Gasteiger partial charge in [-0.05, 0) is 42.2 Å². The summed E-state index contributed by atoms with van der Waals surface area (Å²) >= 11 is 10.8. The van der Waals surface area contributed by atoms with Crippen LogP contribution >= 0.6 is 39.1 Å². The van der Waals surface area contributed by atoms with E-state index in [1.54, 1.807) is 6.07 Å². The lowest BCUT2D eigenvalue weighted by atomic mass is 10.1. The second-order valence-electron chi connectivity index (χ2n) is 5.27. The van der Waals surface area contributed by atoms with E-state index in [4.69, 9.17) is 16.3 Å². The van der Waals surface area contributed by atoms with E-state index in [-0.39, 0.29) is 6.61 Å². The zero-order valence-electron chi connectivity index (χ0n) is 13.3. The van der Waals surface area contributed by atoms with Gasteiger partial charge in [-0.25, -0.2) is 4.79 Å². The molecule has 0 bridgehead atoms. The minimum absolute atomic E-state index is 0.107. The Labute approximate surface area is 163 Å². The zero-order chi connectivity index (χ0) is 17.8. The van der Waals surface area contributed by atoms with Gasteiger partial charge >= 0.3 is 6.09 Å². The molecule has 3 rings (SSSR count). The third-order valence-corrected chi connectivity index (χ3v) is 5.40. The van der Waals surface area contributed by atoms with Crippen LogP contribution in [-0.2, 0) is 11.3 Å². The van der Waals surface area contributed by atoms with Gasteiger partial charge in [-0.3, -0.25) is 5.32 Å². The van der Waals surface area contributed by atoms with Crippen LogP contribution in [0.5, 0.6) is 0 Å². The number of hydrogen-bond acceptors (Lipinski definition) is 4. The van der Waals surface area contributed by atoms with Crippen LogP contribution in [-0.4, -0.2) is 10.5 Å². The summed E-state index contributed by atoms with van der Waals surface area (Å²) < 4.78 is 10.6. The molecule has 0 radical (unpaired) electrons. The van der Waals surface area contributed by atoms with E-state index in [2.05, 4.69) is 25.6 Å². The molecule has 0 saturated heterocycles. The number of amides is 1. The van der Waals surface area contributed by atoms with Crippen molar-refractivity contribution in [3.05, 3.63) is 69.3 Å². The van der Waals surface area contributed by atoms with Crippen molar-refractivity contribution >= 4 is 50.8 Å². The molecule has 128 valence electrons. The number of nitrogens with zero attached hydrogens (tertiary/aromatic N) is 1. The number of carbonyl (C=O) groups is 1. The first-order chi connectivity index (χ1) is 12.0. The molecule has 0 fully saturated rings. The van der Waals surface area contributed by atoms with Gasteiger partial charge in [0.25, 0.3) is 0 Å². The molecule has 1 amide bonds. The number of nitrogens with one attached hydrogen (secondary N) is 1. The monoisotopic (exact) mass is 436 g/mol. The molecule has 1 aromatic heterocycles. The lowest BCUT2D eigenvalue weighted by Gasteiger charge is -2.09. The Hall–Kier alpha value is -1.89. The van der Waals surface area contributed by atoms with Crippen LogP contribution in [0.4, 0.5) is 10.5 Å². The van der Waals surface area contributed by atoms with E-state index >= 15 is 0 Å². The van der Waals surface area contributed by atoms with Crippen LogP contribution in [0.2, 0.25) is 5.02 Å². The highest BCUT2D eigenvalue weighted by atomic mass is 79.9. The van der Waals surface area contributed by atoms with E-state index in [0.717, 1.165) is 26.2 Å². The van der Waals surface area contributed by atoms with Gasteiger partial charge in [-0.2, -0.15) is 4.37 Å². The minimum Gasteiger partial charge on any atom is -0.444 e. The Kier molecular flexibility index (Phi) is 5.73. The molecule has 0 aliphatic carbocycles. The van der Waals surface area contributed by atoms with Gasteiger partial charge < -0.3 is 4.74 Å². The van der Waals surface area contributed by atoms with Crippen molar-refractivity contribution in [1.82, 2.24) is 4.37 Å². The molecule has 0 saturated carbocycles. The fourth-order valence-electron chi connectivity index (χ4n) is 2.21. The number of rotatable bonds is 4. The molecule has 0 aliphatic heterocycles.